The van der Waals surface area contributed by atoms with Gasteiger partial charge in [-0.1, -0.05) is 12.1 Å². The molecule has 30 heavy (non-hydrogen) atoms. The molecule has 2 aromatic carbocycles. The maximum atomic E-state index is 13.0. The number of rotatable bonds is 4. The van der Waals surface area contributed by atoms with Crippen molar-refractivity contribution in [2.45, 2.75) is 26.6 Å². The van der Waals surface area contributed by atoms with Crippen LogP contribution < -0.4 is 14.8 Å². The molecule has 0 radical (unpaired) electrons. The number of fused-ring (bicyclic) bond motifs is 1. The van der Waals surface area contributed by atoms with E-state index in [2.05, 4.69) is 10.4 Å². The number of alkyl halides is 3. The molecule has 156 valence electrons. The smallest absolute Gasteiger partial charge is 0.416 e. The number of halogens is 3. The molecule has 0 aliphatic carbocycles. The highest BCUT2D eigenvalue weighted by Gasteiger charge is 2.30. The lowest BCUT2D eigenvalue weighted by atomic mass is 10.1. The Balaban J connectivity index is 1.55. The molecule has 6 nitrogen and oxygen atoms in total. The number of anilines is 1. The molecule has 9 heteroatoms. The van der Waals surface area contributed by atoms with Crippen molar-refractivity contribution in [3.63, 3.8) is 0 Å². The second kappa shape index (κ2) is 7.40. The van der Waals surface area contributed by atoms with E-state index < -0.39 is 11.7 Å². The maximum Gasteiger partial charge on any atom is 0.416 e. The minimum absolute atomic E-state index is 0.112. The van der Waals surface area contributed by atoms with Crippen LogP contribution in [0.5, 0.6) is 11.5 Å². The number of hydrogen-bond acceptors (Lipinski definition) is 4. The van der Waals surface area contributed by atoms with Crippen LogP contribution in [0.2, 0.25) is 0 Å². The predicted octanol–water partition coefficient (Wildman–Crippen LogP) is 4.55. The molecule has 1 aliphatic rings. The summed E-state index contributed by atoms with van der Waals surface area (Å²) in [4.78, 5) is 12.7. The number of aryl methyl sites for hydroxylation is 1. The summed E-state index contributed by atoms with van der Waals surface area (Å²) in [6.45, 7) is 3.74. The van der Waals surface area contributed by atoms with Crippen LogP contribution in [-0.2, 0) is 12.7 Å². The monoisotopic (exact) mass is 417 g/mol. The predicted molar refractivity (Wildman–Crippen MR) is 103 cm³/mol. The fourth-order valence-corrected chi connectivity index (χ4v) is 3.27. The van der Waals surface area contributed by atoms with Crippen LogP contribution in [0.3, 0.4) is 0 Å². The number of amides is 1. The van der Waals surface area contributed by atoms with E-state index in [1.54, 1.807) is 42.8 Å². The summed E-state index contributed by atoms with van der Waals surface area (Å²) in [5.74, 6) is 0.724. The molecule has 0 bridgehead atoms. The van der Waals surface area contributed by atoms with Gasteiger partial charge in [0.2, 0.25) is 6.79 Å². The third kappa shape index (κ3) is 3.83. The number of benzene rings is 2. The second-order valence-corrected chi connectivity index (χ2v) is 6.92. The molecule has 2 heterocycles. The maximum absolute atomic E-state index is 13.0. The Bertz CT molecular complexity index is 1120. The first-order valence-electron chi connectivity index (χ1n) is 9.13. The van der Waals surface area contributed by atoms with Crippen LogP contribution in [0.15, 0.2) is 42.5 Å². The molecular formula is C21H18F3N3O3. The minimum atomic E-state index is -4.41. The fraction of sp³-hybridized carbons (Fsp3) is 0.238. The van der Waals surface area contributed by atoms with Gasteiger partial charge in [0.1, 0.15) is 0 Å². The van der Waals surface area contributed by atoms with E-state index in [4.69, 9.17) is 9.47 Å². The van der Waals surface area contributed by atoms with Gasteiger partial charge in [-0.3, -0.25) is 9.48 Å². The van der Waals surface area contributed by atoms with Gasteiger partial charge in [-0.15, -0.1) is 0 Å². The van der Waals surface area contributed by atoms with Crippen molar-refractivity contribution < 1.29 is 27.4 Å². The van der Waals surface area contributed by atoms with Crippen LogP contribution >= 0.6 is 0 Å². The highest BCUT2D eigenvalue weighted by Crippen LogP contribution is 2.33. The molecule has 1 aromatic heterocycles. The van der Waals surface area contributed by atoms with Crippen LogP contribution in [0.1, 0.15) is 32.9 Å². The first kappa shape index (κ1) is 19.8. The number of aromatic nitrogens is 2. The third-order valence-corrected chi connectivity index (χ3v) is 4.84. The molecule has 1 aliphatic heterocycles. The molecule has 3 aromatic rings. The van der Waals surface area contributed by atoms with Gasteiger partial charge >= 0.3 is 6.18 Å². The lowest BCUT2D eigenvalue weighted by Gasteiger charge is -2.10. The summed E-state index contributed by atoms with van der Waals surface area (Å²) in [5, 5.41) is 7.21. The summed E-state index contributed by atoms with van der Waals surface area (Å²) in [7, 11) is 0. The first-order chi connectivity index (χ1) is 14.2. The standard InChI is InChI=1S/C21H18F3N3O3/c1-12-19(25-20(28)15-6-7-17-18(9-15)30-11-29-17)13(2)27(26-12)10-14-4-3-5-16(8-14)21(22,23)24/h3-9H,10-11H2,1-2H3,(H,25,28). The van der Waals surface area contributed by atoms with Gasteiger partial charge in [0.15, 0.2) is 11.5 Å². The lowest BCUT2D eigenvalue weighted by Crippen LogP contribution is -2.13. The number of nitrogens with one attached hydrogen (secondary N) is 1. The summed E-state index contributed by atoms with van der Waals surface area (Å²) in [6, 6.07) is 9.98. The van der Waals surface area contributed by atoms with Gasteiger partial charge in [0.05, 0.1) is 29.2 Å². The van der Waals surface area contributed by atoms with Crippen molar-refractivity contribution in [1.82, 2.24) is 9.78 Å². The van der Waals surface area contributed by atoms with Crippen molar-refractivity contribution >= 4 is 11.6 Å². The van der Waals surface area contributed by atoms with Crippen LogP contribution in [0, 0.1) is 13.8 Å². The Labute approximate surface area is 170 Å². The number of ether oxygens (including phenoxy) is 2. The lowest BCUT2D eigenvalue weighted by molar-refractivity contribution is -0.137. The molecule has 4 rings (SSSR count). The summed E-state index contributed by atoms with van der Waals surface area (Å²) < 4.78 is 51.0. The second-order valence-electron chi connectivity index (χ2n) is 6.92. The zero-order valence-corrected chi connectivity index (χ0v) is 16.2. The third-order valence-electron chi connectivity index (χ3n) is 4.84. The SMILES string of the molecule is Cc1nn(Cc2cccc(C(F)(F)F)c2)c(C)c1NC(=O)c1ccc2c(c1)OCO2. The quantitative estimate of drug-likeness (QED) is 0.677. The number of nitrogens with zero attached hydrogens (tertiary/aromatic N) is 2. The van der Waals surface area contributed by atoms with Crippen molar-refractivity contribution in [2.75, 3.05) is 12.1 Å². The molecule has 0 fully saturated rings. The molecular weight excluding hydrogens is 399 g/mol. The van der Waals surface area contributed by atoms with Crippen molar-refractivity contribution in [3.8, 4) is 11.5 Å². The van der Waals surface area contributed by atoms with Crippen molar-refractivity contribution in [3.05, 3.63) is 70.5 Å². The van der Waals surface area contributed by atoms with Crippen molar-refractivity contribution in [1.29, 1.82) is 0 Å². The zero-order valence-electron chi connectivity index (χ0n) is 16.2. The molecule has 0 spiro atoms. The average Bonchev–Trinajstić information content (AvgIpc) is 3.27. The Hall–Kier alpha value is -3.49. The Morgan fingerprint density at radius 1 is 1.13 bits per heavy atom. The molecule has 1 amide bonds. The molecule has 0 atom stereocenters. The van der Waals surface area contributed by atoms with Gasteiger partial charge < -0.3 is 14.8 Å². The zero-order chi connectivity index (χ0) is 21.5. The van der Waals surface area contributed by atoms with Gasteiger partial charge in [-0.25, -0.2) is 0 Å². The highest BCUT2D eigenvalue weighted by molar-refractivity contribution is 6.05. The fourth-order valence-electron chi connectivity index (χ4n) is 3.27. The van der Waals surface area contributed by atoms with Gasteiger partial charge in [-0.2, -0.15) is 18.3 Å². The van der Waals surface area contributed by atoms with Crippen LogP contribution in [-0.4, -0.2) is 22.5 Å². The van der Waals surface area contributed by atoms with Gasteiger partial charge in [0, 0.05) is 5.56 Å². The van der Waals surface area contributed by atoms with E-state index in [9.17, 15) is 18.0 Å². The summed E-state index contributed by atoms with van der Waals surface area (Å²) in [5.41, 5.74) is 1.86. The van der Waals surface area contributed by atoms with Gasteiger partial charge in [-0.05, 0) is 49.7 Å². The Morgan fingerprint density at radius 2 is 1.90 bits per heavy atom. The van der Waals surface area contributed by atoms with E-state index in [1.807, 2.05) is 0 Å². The van der Waals surface area contributed by atoms with E-state index in [1.165, 1.54) is 6.07 Å². The van der Waals surface area contributed by atoms with E-state index in [0.29, 0.717) is 39.7 Å². The Morgan fingerprint density at radius 3 is 2.67 bits per heavy atom. The number of carbonyl (C=O) groups is 1. The van der Waals surface area contributed by atoms with Gasteiger partial charge in [0.25, 0.3) is 5.91 Å². The van der Waals surface area contributed by atoms with Crippen LogP contribution in [0.4, 0.5) is 18.9 Å². The molecule has 0 unspecified atom stereocenters. The number of hydrogen-bond donors (Lipinski definition) is 1. The number of carbonyl (C=O) groups excluding carboxylic acids is 1. The molecule has 0 saturated carbocycles. The topological polar surface area (TPSA) is 65.4 Å². The minimum Gasteiger partial charge on any atom is -0.454 e. The normalized spacial score (nSPS) is 12.8. The summed E-state index contributed by atoms with van der Waals surface area (Å²) >= 11 is 0. The summed E-state index contributed by atoms with van der Waals surface area (Å²) in [6.07, 6.45) is -4.41. The highest BCUT2D eigenvalue weighted by atomic mass is 19.4. The van der Waals surface area contributed by atoms with E-state index in [-0.39, 0.29) is 19.2 Å². The average molecular weight is 417 g/mol. The molecule has 1 N–H and O–H groups in total. The Kier molecular flexibility index (Phi) is 4.89. The molecule has 0 saturated heterocycles. The van der Waals surface area contributed by atoms with E-state index >= 15 is 0 Å². The first-order valence-corrected chi connectivity index (χ1v) is 9.13. The van der Waals surface area contributed by atoms with E-state index in [0.717, 1.165) is 12.1 Å². The van der Waals surface area contributed by atoms with Crippen molar-refractivity contribution in [2.24, 2.45) is 0 Å². The van der Waals surface area contributed by atoms with Crippen LogP contribution in [0.25, 0.3) is 0 Å². The largest absolute Gasteiger partial charge is 0.454 e.